The average Bonchev–Trinajstić information content (AvgIpc) is 2.80. The fourth-order valence-electron chi connectivity index (χ4n) is 2.92. The summed E-state index contributed by atoms with van der Waals surface area (Å²) in [6.45, 7) is 9.13. The fraction of sp³-hybridized carbons (Fsp3) is 0.421. The second-order valence-electron chi connectivity index (χ2n) is 5.93. The summed E-state index contributed by atoms with van der Waals surface area (Å²) in [6.07, 6.45) is 1.93. The highest BCUT2D eigenvalue weighted by Gasteiger charge is 2.16. The smallest absolute Gasteiger partial charge is 0.253 e. The molecule has 0 aliphatic carbocycles. The van der Waals surface area contributed by atoms with Crippen molar-refractivity contribution in [3.63, 3.8) is 0 Å². The van der Waals surface area contributed by atoms with Crippen molar-refractivity contribution in [2.24, 2.45) is 0 Å². The number of hydrogen-bond donors (Lipinski definition) is 1. The van der Waals surface area contributed by atoms with Crippen LogP contribution in [0.3, 0.4) is 0 Å². The van der Waals surface area contributed by atoms with Gasteiger partial charge in [-0.25, -0.2) is 0 Å². The van der Waals surface area contributed by atoms with Crippen LogP contribution in [0.2, 0.25) is 0 Å². The van der Waals surface area contributed by atoms with Crippen LogP contribution in [0.4, 0.5) is 0 Å². The number of amides is 1. The van der Waals surface area contributed by atoms with E-state index in [-0.39, 0.29) is 11.9 Å². The normalized spacial score (nSPS) is 12.2. The van der Waals surface area contributed by atoms with Crippen LogP contribution in [0.1, 0.15) is 47.6 Å². The molecule has 1 atom stereocenters. The van der Waals surface area contributed by atoms with Gasteiger partial charge in [-0.1, -0.05) is 30.3 Å². The first-order valence-corrected chi connectivity index (χ1v) is 8.04. The summed E-state index contributed by atoms with van der Waals surface area (Å²) in [5.74, 6) is 0.0355. The number of nitrogens with zero attached hydrogens (tertiary/aromatic N) is 1. The summed E-state index contributed by atoms with van der Waals surface area (Å²) in [7, 11) is 0. The molecule has 3 heteroatoms. The van der Waals surface area contributed by atoms with Gasteiger partial charge in [-0.2, -0.15) is 0 Å². The van der Waals surface area contributed by atoms with Crippen molar-refractivity contribution in [2.75, 3.05) is 0 Å². The van der Waals surface area contributed by atoms with E-state index < -0.39 is 0 Å². The first-order valence-electron chi connectivity index (χ1n) is 8.04. The van der Waals surface area contributed by atoms with E-state index in [1.807, 2.05) is 26.0 Å². The van der Waals surface area contributed by atoms with E-state index in [4.69, 9.17) is 0 Å². The zero-order valence-electron chi connectivity index (χ0n) is 14.0. The zero-order chi connectivity index (χ0) is 16.1. The maximum absolute atomic E-state index is 12.4. The topological polar surface area (TPSA) is 34.0 Å². The summed E-state index contributed by atoms with van der Waals surface area (Å²) in [5.41, 5.74) is 4.30. The highest BCUT2D eigenvalue weighted by molar-refractivity contribution is 5.95. The Balaban J connectivity index is 1.94. The third-order valence-corrected chi connectivity index (χ3v) is 4.22. The minimum absolute atomic E-state index is 0.0355. The lowest BCUT2D eigenvalue weighted by atomic mass is 10.1. The van der Waals surface area contributed by atoms with E-state index in [2.05, 4.69) is 48.0 Å². The number of hydrogen-bond acceptors (Lipinski definition) is 1. The number of aryl methyl sites for hydroxylation is 2. The molecule has 1 amide bonds. The molecule has 2 aromatic rings. The predicted octanol–water partition coefficient (Wildman–Crippen LogP) is 3.88. The molecule has 0 radical (unpaired) electrons. The van der Waals surface area contributed by atoms with E-state index in [0.29, 0.717) is 0 Å². The van der Waals surface area contributed by atoms with E-state index in [0.717, 1.165) is 36.3 Å². The van der Waals surface area contributed by atoms with Crippen molar-refractivity contribution in [1.29, 1.82) is 0 Å². The number of rotatable bonds is 6. The van der Waals surface area contributed by atoms with Gasteiger partial charge in [-0.3, -0.25) is 4.79 Å². The molecule has 1 aromatic carbocycles. The Morgan fingerprint density at radius 3 is 2.50 bits per heavy atom. The monoisotopic (exact) mass is 298 g/mol. The lowest BCUT2D eigenvalue weighted by molar-refractivity contribution is 0.0937. The largest absolute Gasteiger partial charge is 0.350 e. The molecule has 1 aromatic heterocycles. The number of carbonyl (C=O) groups is 1. The molecule has 1 heterocycles. The second-order valence-corrected chi connectivity index (χ2v) is 5.93. The van der Waals surface area contributed by atoms with Gasteiger partial charge in [0.25, 0.3) is 5.91 Å². The second kappa shape index (κ2) is 7.30. The Labute approximate surface area is 133 Å². The zero-order valence-corrected chi connectivity index (χ0v) is 14.0. The van der Waals surface area contributed by atoms with Crippen molar-refractivity contribution in [1.82, 2.24) is 9.88 Å². The highest BCUT2D eigenvalue weighted by atomic mass is 16.1. The van der Waals surface area contributed by atoms with Crippen LogP contribution in [0.15, 0.2) is 36.4 Å². The third kappa shape index (κ3) is 3.79. The molecule has 118 valence electrons. The Morgan fingerprint density at radius 2 is 1.91 bits per heavy atom. The number of carbonyl (C=O) groups excluding carboxylic acids is 1. The van der Waals surface area contributed by atoms with Crippen LogP contribution in [0.25, 0.3) is 0 Å². The molecule has 0 aliphatic heterocycles. The molecule has 2 rings (SSSR count). The summed E-state index contributed by atoms with van der Waals surface area (Å²) in [4.78, 5) is 12.4. The van der Waals surface area contributed by atoms with E-state index in [9.17, 15) is 4.79 Å². The van der Waals surface area contributed by atoms with Gasteiger partial charge in [0, 0.05) is 24.0 Å². The maximum Gasteiger partial charge on any atom is 0.253 e. The Bertz CT molecular complexity index is 628. The molecular weight excluding hydrogens is 272 g/mol. The molecule has 0 fully saturated rings. The van der Waals surface area contributed by atoms with Gasteiger partial charge in [0.2, 0.25) is 0 Å². The van der Waals surface area contributed by atoms with E-state index >= 15 is 0 Å². The molecule has 0 spiro atoms. The average molecular weight is 298 g/mol. The number of nitrogens with one attached hydrogen (secondary N) is 1. The SMILES string of the molecule is CCn1c(C)cc(C(=O)NC(C)CCc2ccccc2)c1C. The van der Waals surface area contributed by atoms with Crippen molar-refractivity contribution in [2.45, 2.75) is 53.1 Å². The van der Waals surface area contributed by atoms with Gasteiger partial charge >= 0.3 is 0 Å². The maximum atomic E-state index is 12.4. The molecule has 22 heavy (non-hydrogen) atoms. The number of benzene rings is 1. The van der Waals surface area contributed by atoms with Gasteiger partial charge in [-0.05, 0) is 52.2 Å². The molecule has 0 bridgehead atoms. The van der Waals surface area contributed by atoms with Gasteiger partial charge in [0.05, 0.1) is 5.56 Å². The van der Waals surface area contributed by atoms with Gasteiger partial charge in [0.1, 0.15) is 0 Å². The predicted molar refractivity (Wildman–Crippen MR) is 91.3 cm³/mol. The minimum Gasteiger partial charge on any atom is -0.350 e. The molecule has 1 N–H and O–H groups in total. The number of aromatic nitrogens is 1. The molecule has 1 unspecified atom stereocenters. The summed E-state index contributed by atoms with van der Waals surface area (Å²) < 4.78 is 2.17. The molecule has 0 aliphatic rings. The van der Waals surface area contributed by atoms with Crippen molar-refractivity contribution in [3.05, 3.63) is 58.9 Å². The Hall–Kier alpha value is -2.03. The van der Waals surface area contributed by atoms with Crippen LogP contribution >= 0.6 is 0 Å². The first-order chi connectivity index (χ1) is 10.5. The van der Waals surface area contributed by atoms with Crippen LogP contribution in [0.5, 0.6) is 0 Å². The van der Waals surface area contributed by atoms with Gasteiger partial charge in [0.15, 0.2) is 0 Å². The van der Waals surface area contributed by atoms with Crippen LogP contribution in [-0.2, 0) is 13.0 Å². The summed E-state index contributed by atoms with van der Waals surface area (Å²) in [5, 5.41) is 3.12. The lowest BCUT2D eigenvalue weighted by Crippen LogP contribution is -2.33. The van der Waals surface area contributed by atoms with Crippen LogP contribution in [-0.4, -0.2) is 16.5 Å². The molecule has 0 saturated heterocycles. The van der Waals surface area contributed by atoms with Crippen molar-refractivity contribution in [3.8, 4) is 0 Å². The van der Waals surface area contributed by atoms with Crippen molar-refractivity contribution >= 4 is 5.91 Å². The van der Waals surface area contributed by atoms with Gasteiger partial charge in [-0.15, -0.1) is 0 Å². The molecule has 0 saturated carbocycles. The minimum atomic E-state index is 0.0355. The van der Waals surface area contributed by atoms with Crippen LogP contribution in [0, 0.1) is 13.8 Å². The summed E-state index contributed by atoms with van der Waals surface area (Å²) >= 11 is 0. The van der Waals surface area contributed by atoms with Gasteiger partial charge < -0.3 is 9.88 Å². The highest BCUT2D eigenvalue weighted by Crippen LogP contribution is 2.15. The Morgan fingerprint density at radius 1 is 1.23 bits per heavy atom. The standard InChI is InChI=1S/C19H26N2O/c1-5-21-15(3)13-18(16(21)4)19(22)20-14(2)11-12-17-9-7-6-8-10-17/h6-10,13-14H,5,11-12H2,1-4H3,(H,20,22). The first kappa shape index (κ1) is 16.3. The summed E-state index contributed by atoms with van der Waals surface area (Å²) in [6, 6.07) is 12.5. The quantitative estimate of drug-likeness (QED) is 0.863. The van der Waals surface area contributed by atoms with E-state index in [1.165, 1.54) is 5.56 Å². The van der Waals surface area contributed by atoms with Crippen LogP contribution < -0.4 is 5.32 Å². The Kier molecular flexibility index (Phi) is 5.42. The molecular formula is C19H26N2O. The lowest BCUT2D eigenvalue weighted by Gasteiger charge is -2.14. The molecule has 3 nitrogen and oxygen atoms in total. The fourth-order valence-corrected chi connectivity index (χ4v) is 2.92. The van der Waals surface area contributed by atoms with Crippen molar-refractivity contribution < 1.29 is 4.79 Å². The van der Waals surface area contributed by atoms with E-state index in [1.54, 1.807) is 0 Å². The third-order valence-electron chi connectivity index (χ3n) is 4.22.